The van der Waals surface area contributed by atoms with Crippen molar-refractivity contribution >= 4 is 27.6 Å². The first kappa shape index (κ1) is 15.3. The number of aliphatic hydroxyl groups is 1. The van der Waals surface area contributed by atoms with Gasteiger partial charge in [-0.05, 0) is 30.7 Å². The lowest BCUT2D eigenvalue weighted by Gasteiger charge is -2.34. The number of nitrogens with one attached hydrogen (secondary N) is 1. The molecule has 1 aromatic rings. The van der Waals surface area contributed by atoms with Crippen LogP contribution in [0.5, 0.6) is 0 Å². The van der Waals surface area contributed by atoms with Crippen molar-refractivity contribution in [2.24, 2.45) is 0 Å². The standard InChI is InChI=1S/C14H20BrN3O2/c1-11-10-12(2-3-13(11)15)16-14(20)18-6-4-17(5-7-18)8-9-19/h2-3,10,19H,4-9H2,1H3,(H,16,20). The van der Waals surface area contributed by atoms with Gasteiger partial charge in [0.05, 0.1) is 6.61 Å². The fourth-order valence-electron chi connectivity index (χ4n) is 2.24. The third-order valence-corrected chi connectivity index (χ3v) is 4.37. The molecular weight excluding hydrogens is 322 g/mol. The minimum Gasteiger partial charge on any atom is -0.395 e. The number of hydrogen-bond donors (Lipinski definition) is 2. The predicted octanol–water partition coefficient (Wildman–Crippen LogP) is 1.90. The molecule has 0 aromatic heterocycles. The Morgan fingerprint density at radius 2 is 2.05 bits per heavy atom. The van der Waals surface area contributed by atoms with Crippen molar-refractivity contribution < 1.29 is 9.90 Å². The van der Waals surface area contributed by atoms with Crippen molar-refractivity contribution in [2.45, 2.75) is 6.92 Å². The number of benzene rings is 1. The zero-order chi connectivity index (χ0) is 14.5. The second-order valence-electron chi connectivity index (χ2n) is 4.95. The largest absolute Gasteiger partial charge is 0.395 e. The predicted molar refractivity (Wildman–Crippen MR) is 83.0 cm³/mol. The van der Waals surface area contributed by atoms with Crippen LogP contribution in [0.4, 0.5) is 10.5 Å². The van der Waals surface area contributed by atoms with Gasteiger partial charge in [0.1, 0.15) is 0 Å². The second-order valence-corrected chi connectivity index (χ2v) is 5.80. The van der Waals surface area contributed by atoms with Gasteiger partial charge in [-0.25, -0.2) is 4.79 Å². The van der Waals surface area contributed by atoms with E-state index in [0.717, 1.165) is 28.8 Å². The summed E-state index contributed by atoms with van der Waals surface area (Å²) in [6.45, 7) is 5.86. The zero-order valence-electron chi connectivity index (χ0n) is 11.6. The molecule has 20 heavy (non-hydrogen) atoms. The highest BCUT2D eigenvalue weighted by Gasteiger charge is 2.20. The van der Waals surface area contributed by atoms with Crippen LogP contribution in [0.3, 0.4) is 0 Å². The molecule has 1 aromatic carbocycles. The highest BCUT2D eigenvalue weighted by Crippen LogP contribution is 2.20. The number of aryl methyl sites for hydroxylation is 1. The summed E-state index contributed by atoms with van der Waals surface area (Å²) in [7, 11) is 0. The second kappa shape index (κ2) is 7.06. The molecule has 5 nitrogen and oxygen atoms in total. The molecule has 2 rings (SSSR count). The van der Waals surface area contributed by atoms with E-state index in [9.17, 15) is 4.79 Å². The maximum Gasteiger partial charge on any atom is 0.321 e. The van der Waals surface area contributed by atoms with Crippen LogP contribution < -0.4 is 5.32 Å². The number of carbonyl (C=O) groups excluding carboxylic acids is 1. The number of aliphatic hydroxyl groups excluding tert-OH is 1. The molecule has 0 aliphatic carbocycles. The number of nitrogens with zero attached hydrogens (tertiary/aromatic N) is 2. The zero-order valence-corrected chi connectivity index (χ0v) is 13.2. The van der Waals surface area contributed by atoms with Crippen LogP contribution in [-0.2, 0) is 0 Å². The summed E-state index contributed by atoms with van der Waals surface area (Å²) in [5, 5.41) is 11.8. The Morgan fingerprint density at radius 1 is 1.35 bits per heavy atom. The van der Waals surface area contributed by atoms with Crippen LogP contribution in [0, 0.1) is 6.92 Å². The lowest BCUT2D eigenvalue weighted by molar-refractivity contribution is 0.127. The molecule has 2 N–H and O–H groups in total. The van der Waals surface area contributed by atoms with Crippen LogP contribution in [0.15, 0.2) is 22.7 Å². The van der Waals surface area contributed by atoms with E-state index in [0.29, 0.717) is 19.6 Å². The molecule has 0 unspecified atom stereocenters. The molecule has 0 radical (unpaired) electrons. The number of β-amino-alcohol motifs (C(OH)–C–C–N with tert-alkyl or cyclic N) is 1. The van der Waals surface area contributed by atoms with Gasteiger partial charge in [-0.2, -0.15) is 0 Å². The maximum absolute atomic E-state index is 12.2. The molecule has 1 aliphatic rings. The van der Waals surface area contributed by atoms with Crippen LogP contribution in [-0.4, -0.2) is 60.3 Å². The van der Waals surface area contributed by atoms with E-state index in [1.807, 2.05) is 30.0 Å². The highest BCUT2D eigenvalue weighted by atomic mass is 79.9. The lowest BCUT2D eigenvalue weighted by atomic mass is 10.2. The van der Waals surface area contributed by atoms with Crippen molar-refractivity contribution in [3.05, 3.63) is 28.2 Å². The Morgan fingerprint density at radius 3 is 2.65 bits per heavy atom. The average molecular weight is 342 g/mol. The first-order valence-electron chi connectivity index (χ1n) is 6.75. The number of amides is 2. The molecule has 1 aliphatic heterocycles. The number of urea groups is 1. The fourth-order valence-corrected chi connectivity index (χ4v) is 2.49. The smallest absolute Gasteiger partial charge is 0.321 e. The van der Waals surface area contributed by atoms with E-state index in [-0.39, 0.29) is 12.6 Å². The van der Waals surface area contributed by atoms with Crippen LogP contribution in [0.2, 0.25) is 0 Å². The van der Waals surface area contributed by atoms with Crippen molar-refractivity contribution in [1.82, 2.24) is 9.80 Å². The first-order valence-corrected chi connectivity index (χ1v) is 7.55. The van der Waals surface area contributed by atoms with Crippen molar-refractivity contribution in [3.63, 3.8) is 0 Å². The van der Waals surface area contributed by atoms with Crippen LogP contribution in [0.1, 0.15) is 5.56 Å². The molecule has 1 fully saturated rings. The summed E-state index contributed by atoms with van der Waals surface area (Å²) >= 11 is 3.44. The minimum atomic E-state index is -0.0598. The summed E-state index contributed by atoms with van der Waals surface area (Å²) in [6, 6.07) is 5.71. The molecule has 0 saturated carbocycles. The third-order valence-electron chi connectivity index (χ3n) is 3.48. The summed E-state index contributed by atoms with van der Waals surface area (Å²) in [6.07, 6.45) is 0. The Hall–Kier alpha value is -1.11. The van der Waals surface area contributed by atoms with Gasteiger partial charge in [0.25, 0.3) is 0 Å². The van der Waals surface area contributed by atoms with Crippen molar-refractivity contribution in [2.75, 3.05) is 44.6 Å². The topological polar surface area (TPSA) is 55.8 Å². The van der Waals surface area contributed by atoms with Gasteiger partial charge in [-0.1, -0.05) is 15.9 Å². The Balaban J connectivity index is 1.88. The number of anilines is 1. The van der Waals surface area contributed by atoms with Crippen molar-refractivity contribution in [3.8, 4) is 0 Å². The van der Waals surface area contributed by atoms with Gasteiger partial charge in [0.15, 0.2) is 0 Å². The average Bonchev–Trinajstić information content (AvgIpc) is 2.44. The number of rotatable bonds is 3. The van der Waals surface area contributed by atoms with E-state index in [1.165, 1.54) is 0 Å². The molecule has 1 heterocycles. The monoisotopic (exact) mass is 341 g/mol. The molecule has 0 bridgehead atoms. The Labute approximate surface area is 127 Å². The molecule has 0 spiro atoms. The SMILES string of the molecule is Cc1cc(NC(=O)N2CCN(CCO)CC2)ccc1Br. The lowest BCUT2D eigenvalue weighted by Crippen LogP contribution is -2.50. The highest BCUT2D eigenvalue weighted by molar-refractivity contribution is 9.10. The van der Waals surface area contributed by atoms with Gasteiger partial charge in [0, 0.05) is 42.9 Å². The molecule has 2 amide bonds. The van der Waals surface area contributed by atoms with E-state index in [2.05, 4.69) is 26.1 Å². The number of piperazine rings is 1. The molecule has 1 saturated heterocycles. The quantitative estimate of drug-likeness (QED) is 0.882. The van der Waals surface area contributed by atoms with E-state index >= 15 is 0 Å². The maximum atomic E-state index is 12.2. The van der Waals surface area contributed by atoms with Gasteiger partial charge in [-0.15, -0.1) is 0 Å². The van der Waals surface area contributed by atoms with Gasteiger partial charge in [0.2, 0.25) is 0 Å². The van der Waals surface area contributed by atoms with Crippen molar-refractivity contribution in [1.29, 1.82) is 0 Å². The third kappa shape index (κ3) is 3.94. The molecule has 0 atom stereocenters. The molecule has 110 valence electrons. The van der Waals surface area contributed by atoms with Crippen LogP contribution in [0.25, 0.3) is 0 Å². The Bertz CT molecular complexity index is 473. The summed E-state index contributed by atoms with van der Waals surface area (Å²) in [5.74, 6) is 0. The molecular formula is C14H20BrN3O2. The normalized spacial score (nSPS) is 16.2. The minimum absolute atomic E-state index is 0.0598. The first-order chi connectivity index (χ1) is 9.60. The van der Waals surface area contributed by atoms with Crippen LogP contribution >= 0.6 is 15.9 Å². The number of hydrogen-bond acceptors (Lipinski definition) is 3. The van der Waals surface area contributed by atoms with E-state index in [1.54, 1.807) is 0 Å². The number of carbonyl (C=O) groups is 1. The van der Waals surface area contributed by atoms with E-state index < -0.39 is 0 Å². The van der Waals surface area contributed by atoms with Gasteiger partial charge >= 0.3 is 6.03 Å². The Kier molecular flexibility index (Phi) is 5.39. The van der Waals surface area contributed by atoms with E-state index in [4.69, 9.17) is 5.11 Å². The number of halogens is 1. The summed E-state index contributed by atoms with van der Waals surface area (Å²) in [5.41, 5.74) is 1.91. The summed E-state index contributed by atoms with van der Waals surface area (Å²) in [4.78, 5) is 16.1. The fraction of sp³-hybridized carbons (Fsp3) is 0.500. The molecule has 6 heteroatoms. The van der Waals surface area contributed by atoms with Gasteiger partial charge in [-0.3, -0.25) is 4.90 Å². The summed E-state index contributed by atoms with van der Waals surface area (Å²) < 4.78 is 1.04. The van der Waals surface area contributed by atoms with Gasteiger partial charge < -0.3 is 15.3 Å².